The standard InChI is InChI=1S/C17H16N2O2/c1-2-20-12-7-9-13(10-8-12)21-17-14-5-3-4-6-16(14)19-11-15(17)18/h3-11H,2,18H2,1H3. The van der Waals surface area contributed by atoms with Crippen LogP contribution in [0, 0.1) is 0 Å². The van der Waals surface area contributed by atoms with E-state index in [4.69, 9.17) is 15.2 Å². The van der Waals surface area contributed by atoms with Crippen LogP contribution in [0.25, 0.3) is 10.9 Å². The fourth-order valence-corrected chi connectivity index (χ4v) is 2.13. The number of nitrogens with two attached hydrogens (primary N) is 1. The lowest BCUT2D eigenvalue weighted by atomic mass is 10.2. The van der Waals surface area contributed by atoms with E-state index in [1.807, 2.05) is 55.5 Å². The van der Waals surface area contributed by atoms with E-state index in [1.54, 1.807) is 6.20 Å². The first kappa shape index (κ1) is 13.2. The van der Waals surface area contributed by atoms with E-state index in [0.717, 1.165) is 16.7 Å². The number of para-hydroxylation sites is 1. The molecule has 1 heterocycles. The molecule has 0 saturated carbocycles. The molecule has 0 amide bonds. The first-order valence-electron chi connectivity index (χ1n) is 6.82. The Morgan fingerprint density at radius 2 is 1.71 bits per heavy atom. The summed E-state index contributed by atoms with van der Waals surface area (Å²) in [4.78, 5) is 4.30. The van der Waals surface area contributed by atoms with Gasteiger partial charge in [0.2, 0.25) is 0 Å². The molecule has 0 bridgehead atoms. The fraction of sp³-hybridized carbons (Fsp3) is 0.118. The SMILES string of the molecule is CCOc1ccc(Oc2c(N)cnc3ccccc23)cc1. The maximum absolute atomic E-state index is 6.00. The van der Waals surface area contributed by atoms with Crippen LogP contribution < -0.4 is 15.2 Å². The van der Waals surface area contributed by atoms with Crippen molar-refractivity contribution in [1.29, 1.82) is 0 Å². The van der Waals surface area contributed by atoms with Crippen molar-refractivity contribution in [3.05, 3.63) is 54.7 Å². The van der Waals surface area contributed by atoms with Crippen LogP contribution in [0.2, 0.25) is 0 Å². The molecule has 0 aliphatic heterocycles. The summed E-state index contributed by atoms with van der Waals surface area (Å²) in [5, 5.41) is 0.895. The van der Waals surface area contributed by atoms with Gasteiger partial charge in [0.15, 0.2) is 5.75 Å². The molecule has 1 aromatic heterocycles. The summed E-state index contributed by atoms with van der Waals surface area (Å²) >= 11 is 0. The summed E-state index contributed by atoms with van der Waals surface area (Å²) in [5.41, 5.74) is 7.37. The molecule has 4 heteroatoms. The van der Waals surface area contributed by atoms with Crippen LogP contribution in [0.15, 0.2) is 54.7 Å². The predicted octanol–water partition coefficient (Wildman–Crippen LogP) is 4.01. The second-order valence-corrected chi connectivity index (χ2v) is 4.57. The van der Waals surface area contributed by atoms with E-state index in [0.29, 0.717) is 23.8 Å². The van der Waals surface area contributed by atoms with Crippen LogP contribution in [-0.4, -0.2) is 11.6 Å². The van der Waals surface area contributed by atoms with Gasteiger partial charge in [-0.05, 0) is 43.3 Å². The molecule has 21 heavy (non-hydrogen) atoms. The van der Waals surface area contributed by atoms with Gasteiger partial charge in [-0.2, -0.15) is 0 Å². The Morgan fingerprint density at radius 3 is 2.48 bits per heavy atom. The zero-order valence-corrected chi connectivity index (χ0v) is 11.7. The molecule has 106 valence electrons. The molecule has 0 radical (unpaired) electrons. The van der Waals surface area contributed by atoms with Crippen molar-refractivity contribution in [2.75, 3.05) is 12.3 Å². The zero-order chi connectivity index (χ0) is 14.7. The van der Waals surface area contributed by atoms with Crippen molar-refractivity contribution in [2.24, 2.45) is 0 Å². The van der Waals surface area contributed by atoms with Crippen molar-refractivity contribution in [2.45, 2.75) is 6.92 Å². The van der Waals surface area contributed by atoms with E-state index in [9.17, 15) is 0 Å². The van der Waals surface area contributed by atoms with Crippen molar-refractivity contribution in [3.63, 3.8) is 0 Å². The highest BCUT2D eigenvalue weighted by atomic mass is 16.5. The monoisotopic (exact) mass is 280 g/mol. The summed E-state index contributed by atoms with van der Waals surface area (Å²) in [6, 6.07) is 15.2. The summed E-state index contributed by atoms with van der Waals surface area (Å²) in [6.45, 7) is 2.59. The second-order valence-electron chi connectivity index (χ2n) is 4.57. The minimum Gasteiger partial charge on any atom is -0.494 e. The van der Waals surface area contributed by atoms with Gasteiger partial charge in [-0.1, -0.05) is 12.1 Å². The summed E-state index contributed by atoms with van der Waals surface area (Å²) in [5.74, 6) is 2.16. The Hall–Kier alpha value is -2.75. The van der Waals surface area contributed by atoms with Crippen LogP contribution in [0.1, 0.15) is 6.92 Å². The third kappa shape index (κ3) is 2.74. The highest BCUT2D eigenvalue weighted by Crippen LogP contribution is 2.34. The smallest absolute Gasteiger partial charge is 0.161 e. The van der Waals surface area contributed by atoms with Crippen molar-refractivity contribution < 1.29 is 9.47 Å². The largest absolute Gasteiger partial charge is 0.494 e. The Kier molecular flexibility index (Phi) is 3.60. The van der Waals surface area contributed by atoms with Gasteiger partial charge in [0, 0.05) is 5.39 Å². The highest BCUT2D eigenvalue weighted by molar-refractivity contribution is 5.89. The van der Waals surface area contributed by atoms with Gasteiger partial charge in [-0.3, -0.25) is 4.98 Å². The van der Waals surface area contributed by atoms with E-state index in [1.165, 1.54) is 0 Å². The second kappa shape index (κ2) is 5.71. The number of rotatable bonds is 4. The van der Waals surface area contributed by atoms with E-state index in [-0.39, 0.29) is 0 Å². The fourth-order valence-electron chi connectivity index (χ4n) is 2.13. The van der Waals surface area contributed by atoms with Crippen molar-refractivity contribution >= 4 is 16.6 Å². The van der Waals surface area contributed by atoms with Gasteiger partial charge < -0.3 is 15.2 Å². The summed E-state index contributed by atoms with van der Waals surface area (Å²) in [6.07, 6.45) is 1.62. The average Bonchev–Trinajstić information content (AvgIpc) is 2.52. The molecule has 0 fully saturated rings. The number of anilines is 1. The van der Waals surface area contributed by atoms with Gasteiger partial charge in [0.1, 0.15) is 11.5 Å². The molecule has 4 nitrogen and oxygen atoms in total. The number of nitrogen functional groups attached to an aromatic ring is 1. The van der Waals surface area contributed by atoms with Gasteiger partial charge in [0.05, 0.1) is 24.0 Å². The first-order chi connectivity index (χ1) is 10.3. The van der Waals surface area contributed by atoms with E-state index in [2.05, 4.69) is 4.98 Å². The third-order valence-corrected chi connectivity index (χ3v) is 3.11. The number of ether oxygens (including phenoxy) is 2. The molecule has 3 rings (SSSR count). The maximum atomic E-state index is 6.00. The molecule has 0 spiro atoms. The van der Waals surface area contributed by atoms with Gasteiger partial charge >= 0.3 is 0 Å². The molecular weight excluding hydrogens is 264 g/mol. The Bertz CT molecular complexity index is 754. The normalized spacial score (nSPS) is 10.5. The quantitative estimate of drug-likeness (QED) is 0.784. The van der Waals surface area contributed by atoms with Crippen molar-refractivity contribution in [1.82, 2.24) is 4.98 Å². The van der Waals surface area contributed by atoms with Crippen LogP contribution in [0.5, 0.6) is 17.2 Å². The van der Waals surface area contributed by atoms with Gasteiger partial charge in [-0.15, -0.1) is 0 Å². The predicted molar refractivity (Wildman–Crippen MR) is 83.8 cm³/mol. The molecular formula is C17H16N2O2. The highest BCUT2D eigenvalue weighted by Gasteiger charge is 2.09. The minimum absolute atomic E-state index is 0.516. The molecule has 0 saturated heterocycles. The number of fused-ring (bicyclic) bond motifs is 1. The lowest BCUT2D eigenvalue weighted by Crippen LogP contribution is -1.95. The molecule has 0 unspecified atom stereocenters. The molecule has 2 N–H and O–H groups in total. The lowest BCUT2D eigenvalue weighted by molar-refractivity contribution is 0.339. The number of benzene rings is 2. The van der Waals surface area contributed by atoms with Crippen LogP contribution >= 0.6 is 0 Å². The summed E-state index contributed by atoms with van der Waals surface area (Å²) in [7, 11) is 0. The van der Waals surface area contributed by atoms with Crippen LogP contribution in [0.4, 0.5) is 5.69 Å². The number of hydrogen-bond acceptors (Lipinski definition) is 4. The molecule has 0 aliphatic carbocycles. The lowest BCUT2D eigenvalue weighted by Gasteiger charge is -2.11. The minimum atomic E-state index is 0.516. The van der Waals surface area contributed by atoms with E-state index < -0.39 is 0 Å². The molecule has 0 aliphatic rings. The average molecular weight is 280 g/mol. The van der Waals surface area contributed by atoms with Gasteiger partial charge in [-0.25, -0.2) is 0 Å². The molecule has 2 aromatic carbocycles. The first-order valence-corrected chi connectivity index (χ1v) is 6.82. The van der Waals surface area contributed by atoms with Crippen molar-refractivity contribution in [3.8, 4) is 17.2 Å². The topological polar surface area (TPSA) is 57.4 Å². The number of hydrogen-bond donors (Lipinski definition) is 1. The number of nitrogens with zero attached hydrogens (tertiary/aromatic N) is 1. The maximum Gasteiger partial charge on any atom is 0.161 e. The zero-order valence-electron chi connectivity index (χ0n) is 11.7. The molecule has 0 atom stereocenters. The van der Waals surface area contributed by atoms with Crippen LogP contribution in [0.3, 0.4) is 0 Å². The third-order valence-electron chi connectivity index (χ3n) is 3.11. The summed E-state index contributed by atoms with van der Waals surface area (Å²) < 4.78 is 11.3. The Labute approximate surface area is 123 Å². The molecule has 3 aromatic rings. The number of aromatic nitrogens is 1. The van der Waals surface area contributed by atoms with Gasteiger partial charge in [0.25, 0.3) is 0 Å². The number of pyridine rings is 1. The Morgan fingerprint density at radius 1 is 1.00 bits per heavy atom. The van der Waals surface area contributed by atoms with Crippen LogP contribution in [-0.2, 0) is 0 Å². The van der Waals surface area contributed by atoms with E-state index >= 15 is 0 Å². The Balaban J connectivity index is 1.95.